The molecule has 0 aliphatic carbocycles. The smallest absolute Gasteiger partial charge is 0.335 e. The van der Waals surface area contributed by atoms with Crippen LogP contribution >= 0.6 is 0 Å². The van der Waals surface area contributed by atoms with Crippen LogP contribution in [0.1, 0.15) is 20.7 Å². The predicted molar refractivity (Wildman–Crippen MR) is 109 cm³/mol. The number of benzene rings is 3. The van der Waals surface area contributed by atoms with Crippen molar-refractivity contribution in [3.63, 3.8) is 0 Å². The van der Waals surface area contributed by atoms with E-state index in [9.17, 15) is 19.7 Å². The number of nitro groups is 1. The maximum absolute atomic E-state index is 11.3. The topological polar surface area (TPSA) is 141 Å². The number of carbonyl (C=O) groups excluding carboxylic acids is 1. The van der Waals surface area contributed by atoms with Crippen LogP contribution in [0.3, 0.4) is 0 Å². The summed E-state index contributed by atoms with van der Waals surface area (Å²) in [6.45, 7) is 0. The molecule has 3 aromatic carbocycles. The molecular weight excluding hydrogens is 388 g/mol. The van der Waals surface area contributed by atoms with Crippen LogP contribution in [0.5, 0.6) is 0 Å². The molecule has 1 heterocycles. The Morgan fingerprint density at radius 3 is 2.17 bits per heavy atom. The van der Waals surface area contributed by atoms with E-state index in [0.717, 1.165) is 0 Å². The Labute approximate surface area is 169 Å². The first-order valence-electron chi connectivity index (χ1n) is 8.76. The minimum absolute atomic E-state index is 0.0849. The zero-order chi connectivity index (χ0) is 21.4. The number of rotatable bonds is 5. The van der Waals surface area contributed by atoms with Crippen molar-refractivity contribution in [2.45, 2.75) is 0 Å². The fourth-order valence-electron chi connectivity index (χ4n) is 3.17. The van der Waals surface area contributed by atoms with Gasteiger partial charge in [-0.2, -0.15) is 5.10 Å². The van der Waals surface area contributed by atoms with Crippen LogP contribution in [0.2, 0.25) is 0 Å². The molecule has 1 amide bonds. The molecule has 0 radical (unpaired) electrons. The number of fused-ring (bicyclic) bond motifs is 1. The molecule has 0 aliphatic rings. The Bertz CT molecular complexity index is 1310. The highest BCUT2D eigenvalue weighted by molar-refractivity contribution is 5.97. The molecule has 4 rings (SSSR count). The number of hydrogen-bond acceptors (Lipinski definition) is 5. The van der Waals surface area contributed by atoms with Gasteiger partial charge in [0.25, 0.3) is 5.69 Å². The van der Waals surface area contributed by atoms with E-state index in [1.54, 1.807) is 47.1 Å². The van der Waals surface area contributed by atoms with Crippen LogP contribution < -0.4 is 5.73 Å². The second kappa shape index (κ2) is 7.13. The molecule has 4 aromatic rings. The van der Waals surface area contributed by atoms with Gasteiger partial charge in [-0.3, -0.25) is 14.9 Å². The minimum atomic E-state index is -1.04. The van der Waals surface area contributed by atoms with E-state index in [1.807, 2.05) is 0 Å². The lowest BCUT2D eigenvalue weighted by atomic mass is 10.1. The normalized spacial score (nSPS) is 10.8. The number of hydrogen-bond donors (Lipinski definition) is 2. The molecule has 9 nitrogen and oxygen atoms in total. The molecule has 148 valence electrons. The van der Waals surface area contributed by atoms with Gasteiger partial charge in [0, 0.05) is 28.6 Å². The molecule has 0 unspecified atom stereocenters. The minimum Gasteiger partial charge on any atom is -0.478 e. The van der Waals surface area contributed by atoms with E-state index >= 15 is 0 Å². The number of carboxylic acids is 1. The lowest BCUT2D eigenvalue weighted by Gasteiger charge is -2.04. The Hall–Kier alpha value is -4.53. The Balaban J connectivity index is 1.92. The fourth-order valence-corrected chi connectivity index (χ4v) is 3.17. The number of nitro benzene ring substituents is 1. The number of nitrogens with zero attached hydrogens (tertiary/aromatic N) is 3. The van der Waals surface area contributed by atoms with E-state index in [-0.39, 0.29) is 11.3 Å². The zero-order valence-corrected chi connectivity index (χ0v) is 15.4. The largest absolute Gasteiger partial charge is 0.478 e. The second-order valence-corrected chi connectivity index (χ2v) is 6.51. The second-order valence-electron chi connectivity index (χ2n) is 6.51. The summed E-state index contributed by atoms with van der Waals surface area (Å²) in [6, 6.07) is 17.0. The summed E-state index contributed by atoms with van der Waals surface area (Å²) in [5, 5.41) is 25.5. The fraction of sp³-hybridized carbons (Fsp3) is 0. The van der Waals surface area contributed by atoms with E-state index in [4.69, 9.17) is 10.8 Å². The van der Waals surface area contributed by atoms with Crippen molar-refractivity contribution in [2.24, 2.45) is 5.73 Å². The molecule has 0 aliphatic heterocycles. The number of amides is 1. The van der Waals surface area contributed by atoms with Crippen molar-refractivity contribution in [2.75, 3.05) is 0 Å². The average Bonchev–Trinajstić information content (AvgIpc) is 3.12. The van der Waals surface area contributed by atoms with Crippen molar-refractivity contribution in [3.8, 4) is 16.9 Å². The maximum atomic E-state index is 11.3. The van der Waals surface area contributed by atoms with E-state index in [0.29, 0.717) is 33.4 Å². The lowest BCUT2D eigenvalue weighted by Crippen LogP contribution is -2.10. The summed E-state index contributed by atoms with van der Waals surface area (Å²) in [5.74, 6) is -1.61. The zero-order valence-electron chi connectivity index (χ0n) is 15.4. The number of primary amides is 1. The Kier molecular flexibility index (Phi) is 4.47. The quantitative estimate of drug-likeness (QED) is 0.387. The molecule has 0 saturated carbocycles. The first-order valence-corrected chi connectivity index (χ1v) is 8.76. The predicted octanol–water partition coefficient (Wildman–Crippen LogP) is 3.40. The molecule has 0 atom stereocenters. The van der Waals surface area contributed by atoms with Crippen LogP contribution in [-0.4, -0.2) is 31.7 Å². The van der Waals surface area contributed by atoms with Gasteiger partial charge in [-0.25, -0.2) is 9.48 Å². The van der Waals surface area contributed by atoms with E-state index in [2.05, 4.69) is 5.10 Å². The first kappa shape index (κ1) is 18.8. The third-order valence-corrected chi connectivity index (χ3v) is 4.68. The Morgan fingerprint density at radius 1 is 0.967 bits per heavy atom. The van der Waals surface area contributed by atoms with Gasteiger partial charge in [0.15, 0.2) is 0 Å². The molecule has 0 saturated heterocycles. The number of nitrogens with two attached hydrogens (primary N) is 1. The van der Waals surface area contributed by atoms with E-state index in [1.165, 1.54) is 24.3 Å². The maximum Gasteiger partial charge on any atom is 0.335 e. The van der Waals surface area contributed by atoms with Crippen molar-refractivity contribution in [1.29, 1.82) is 0 Å². The van der Waals surface area contributed by atoms with Crippen molar-refractivity contribution < 1.29 is 19.6 Å². The summed E-state index contributed by atoms with van der Waals surface area (Å²) in [6.07, 6.45) is 0. The van der Waals surface area contributed by atoms with Gasteiger partial charge >= 0.3 is 5.97 Å². The SMILES string of the molecule is NC(=O)c1ccc(-c2nn(-c3ccc(C(=O)O)cc3)c3ccc([N+](=O)[O-])cc23)cc1. The molecule has 0 spiro atoms. The molecule has 0 fully saturated rings. The number of carboxylic acid groups (broad SMARTS) is 1. The van der Waals surface area contributed by atoms with Crippen LogP contribution in [0.15, 0.2) is 66.7 Å². The third-order valence-electron chi connectivity index (χ3n) is 4.68. The van der Waals surface area contributed by atoms with Crippen molar-refractivity contribution in [1.82, 2.24) is 9.78 Å². The summed E-state index contributed by atoms with van der Waals surface area (Å²) in [7, 11) is 0. The third kappa shape index (κ3) is 3.24. The highest BCUT2D eigenvalue weighted by Crippen LogP contribution is 2.32. The van der Waals surface area contributed by atoms with Crippen LogP contribution in [0, 0.1) is 10.1 Å². The number of aromatic carboxylic acids is 1. The van der Waals surface area contributed by atoms with Gasteiger partial charge in [0.1, 0.15) is 5.69 Å². The van der Waals surface area contributed by atoms with Gasteiger partial charge in [0.05, 0.1) is 21.7 Å². The standard InChI is InChI=1S/C21H14N4O5/c22-20(26)13-3-1-12(2-4-13)19-17-11-16(25(29)30)9-10-18(17)24(23-19)15-7-5-14(6-8-15)21(27)28/h1-11H,(H2,22,26)(H,27,28). The van der Waals surface area contributed by atoms with Crippen molar-refractivity contribution >= 4 is 28.5 Å². The number of carbonyl (C=O) groups is 2. The monoisotopic (exact) mass is 402 g/mol. The summed E-state index contributed by atoms with van der Waals surface area (Å²) in [4.78, 5) is 33.2. The molecule has 3 N–H and O–H groups in total. The summed E-state index contributed by atoms with van der Waals surface area (Å²) < 4.78 is 1.59. The Morgan fingerprint density at radius 2 is 1.60 bits per heavy atom. The highest BCUT2D eigenvalue weighted by atomic mass is 16.6. The first-order chi connectivity index (χ1) is 14.3. The van der Waals surface area contributed by atoms with Gasteiger partial charge in [0.2, 0.25) is 5.91 Å². The van der Waals surface area contributed by atoms with Gasteiger partial charge < -0.3 is 10.8 Å². The average molecular weight is 402 g/mol. The van der Waals surface area contributed by atoms with Crippen LogP contribution in [0.25, 0.3) is 27.8 Å². The van der Waals surface area contributed by atoms with Crippen LogP contribution in [-0.2, 0) is 0 Å². The van der Waals surface area contributed by atoms with Crippen LogP contribution in [0.4, 0.5) is 5.69 Å². The van der Waals surface area contributed by atoms with Gasteiger partial charge in [-0.15, -0.1) is 0 Å². The molecule has 30 heavy (non-hydrogen) atoms. The summed E-state index contributed by atoms with van der Waals surface area (Å²) in [5.41, 5.74) is 7.99. The molecule has 1 aromatic heterocycles. The van der Waals surface area contributed by atoms with E-state index < -0.39 is 16.8 Å². The molecule has 9 heteroatoms. The summed E-state index contributed by atoms with van der Waals surface area (Å²) >= 11 is 0. The van der Waals surface area contributed by atoms with Crippen molar-refractivity contribution in [3.05, 3.63) is 88.0 Å². The van der Waals surface area contributed by atoms with Gasteiger partial charge in [-0.1, -0.05) is 12.1 Å². The lowest BCUT2D eigenvalue weighted by molar-refractivity contribution is -0.384. The molecular formula is C21H14N4O5. The van der Waals surface area contributed by atoms with Gasteiger partial charge in [-0.05, 0) is 42.5 Å². The number of aromatic nitrogens is 2. The molecule has 0 bridgehead atoms. The number of non-ortho nitro benzene ring substituents is 1. The highest BCUT2D eigenvalue weighted by Gasteiger charge is 2.18.